The summed E-state index contributed by atoms with van der Waals surface area (Å²) in [5, 5.41) is 2.40. The highest BCUT2D eigenvalue weighted by molar-refractivity contribution is 7.92. The molecular weight excluding hydrogens is 241 g/mol. The Bertz CT molecular complexity index is 485. The predicted octanol–water partition coefficient (Wildman–Crippen LogP) is 1.91. The molecule has 1 rings (SSSR count). The molecule has 0 amide bonds. The largest absolute Gasteiger partial charge is 0.318 e. The van der Waals surface area contributed by atoms with Crippen molar-refractivity contribution in [3.63, 3.8) is 0 Å². The first kappa shape index (κ1) is 14.1. The van der Waals surface area contributed by atoms with Crippen LogP contribution in [0.1, 0.15) is 18.9 Å². The van der Waals surface area contributed by atoms with E-state index in [1.165, 1.54) is 18.2 Å². The zero-order valence-electron chi connectivity index (χ0n) is 10.3. The monoisotopic (exact) mass is 259 g/mol. The number of halogens is 1. The third-order valence-corrected chi connectivity index (χ3v) is 5.22. The van der Waals surface area contributed by atoms with E-state index in [9.17, 15) is 12.8 Å². The Labute approximate surface area is 102 Å². The average Bonchev–Trinajstić information content (AvgIpc) is 2.24. The van der Waals surface area contributed by atoms with E-state index in [1.54, 1.807) is 14.0 Å². The number of sulfone groups is 1. The number of nitrogens with one attached hydrogen (secondary N) is 1. The van der Waals surface area contributed by atoms with Gasteiger partial charge in [0.05, 0.1) is 10.1 Å². The second kappa shape index (κ2) is 5.60. The molecule has 0 aliphatic heterocycles. The van der Waals surface area contributed by atoms with Gasteiger partial charge < -0.3 is 5.32 Å². The average molecular weight is 259 g/mol. The molecule has 1 N–H and O–H groups in total. The molecule has 0 spiro atoms. The first-order valence-corrected chi connectivity index (χ1v) is 7.12. The number of aryl methyl sites for hydroxylation is 1. The zero-order chi connectivity index (χ0) is 13.1. The Morgan fingerprint density at radius 1 is 1.41 bits per heavy atom. The Morgan fingerprint density at radius 3 is 2.53 bits per heavy atom. The number of rotatable bonds is 5. The molecule has 0 bridgehead atoms. The molecule has 0 aliphatic rings. The summed E-state index contributed by atoms with van der Waals surface area (Å²) in [6, 6.07) is 3.78. The molecule has 5 heteroatoms. The lowest BCUT2D eigenvalue weighted by Crippen LogP contribution is -2.31. The van der Waals surface area contributed by atoms with Crippen LogP contribution in [0.2, 0.25) is 0 Å². The summed E-state index contributed by atoms with van der Waals surface area (Å²) in [6.45, 7) is 3.84. The van der Waals surface area contributed by atoms with Crippen molar-refractivity contribution in [3.05, 3.63) is 29.6 Å². The molecule has 0 radical (unpaired) electrons. The molecule has 0 aliphatic carbocycles. The van der Waals surface area contributed by atoms with Gasteiger partial charge in [0.15, 0.2) is 9.84 Å². The molecule has 1 aromatic rings. The Morgan fingerprint density at radius 2 is 2.06 bits per heavy atom. The fourth-order valence-corrected chi connectivity index (χ4v) is 3.76. The van der Waals surface area contributed by atoms with Crippen LogP contribution in [-0.2, 0) is 9.84 Å². The molecule has 0 fully saturated rings. The van der Waals surface area contributed by atoms with Crippen molar-refractivity contribution >= 4 is 9.84 Å². The Kier molecular flexibility index (Phi) is 4.65. The van der Waals surface area contributed by atoms with Gasteiger partial charge in [-0.25, -0.2) is 12.8 Å². The molecule has 1 aromatic carbocycles. The van der Waals surface area contributed by atoms with Crippen LogP contribution in [0.3, 0.4) is 0 Å². The Hall–Kier alpha value is -0.940. The topological polar surface area (TPSA) is 46.2 Å². The van der Waals surface area contributed by atoms with Crippen LogP contribution < -0.4 is 5.32 Å². The molecule has 3 nitrogen and oxygen atoms in total. The van der Waals surface area contributed by atoms with Crippen molar-refractivity contribution in [2.45, 2.75) is 30.4 Å². The van der Waals surface area contributed by atoms with Crippen LogP contribution in [0.25, 0.3) is 0 Å². The summed E-state index contributed by atoms with van der Waals surface area (Å²) in [6.07, 6.45) is 0.528. The SMILES string of the molecule is CCC(CNC)S(=O)(=O)c1ccc(F)cc1C. The van der Waals surface area contributed by atoms with E-state index < -0.39 is 20.9 Å². The number of hydrogen-bond donors (Lipinski definition) is 1. The molecular formula is C12H18FNO2S. The maximum Gasteiger partial charge on any atom is 0.182 e. The molecule has 1 unspecified atom stereocenters. The highest BCUT2D eigenvalue weighted by atomic mass is 32.2. The summed E-state index contributed by atoms with van der Waals surface area (Å²) in [7, 11) is -1.67. The minimum Gasteiger partial charge on any atom is -0.318 e. The predicted molar refractivity (Wildman–Crippen MR) is 66.3 cm³/mol. The first-order valence-electron chi connectivity index (χ1n) is 5.58. The molecule has 1 atom stereocenters. The summed E-state index contributed by atoms with van der Waals surface area (Å²) >= 11 is 0. The second-order valence-corrected chi connectivity index (χ2v) is 6.24. The quantitative estimate of drug-likeness (QED) is 0.822. The lowest BCUT2D eigenvalue weighted by Gasteiger charge is -2.17. The summed E-state index contributed by atoms with van der Waals surface area (Å²) in [5.74, 6) is -0.414. The Balaban J connectivity index is 3.20. The van der Waals surface area contributed by atoms with Gasteiger partial charge in [-0.3, -0.25) is 0 Å². The van der Waals surface area contributed by atoms with Crippen LogP contribution in [0.4, 0.5) is 4.39 Å². The van der Waals surface area contributed by atoms with Gasteiger partial charge >= 0.3 is 0 Å². The van der Waals surface area contributed by atoms with Crippen LogP contribution in [0, 0.1) is 12.7 Å². The number of hydrogen-bond acceptors (Lipinski definition) is 3. The van der Waals surface area contributed by atoms with Crippen LogP contribution in [0.15, 0.2) is 23.1 Å². The zero-order valence-corrected chi connectivity index (χ0v) is 11.1. The molecule has 0 heterocycles. The number of benzene rings is 1. The third-order valence-electron chi connectivity index (χ3n) is 2.77. The highest BCUT2D eigenvalue weighted by Gasteiger charge is 2.26. The van der Waals surface area contributed by atoms with Crippen LogP contribution in [0.5, 0.6) is 0 Å². The van der Waals surface area contributed by atoms with E-state index >= 15 is 0 Å². The van der Waals surface area contributed by atoms with E-state index in [0.29, 0.717) is 18.5 Å². The normalized spacial score (nSPS) is 13.6. The van der Waals surface area contributed by atoms with Crippen molar-refractivity contribution in [2.24, 2.45) is 0 Å². The van der Waals surface area contributed by atoms with Gasteiger partial charge in [-0.05, 0) is 44.2 Å². The smallest absolute Gasteiger partial charge is 0.182 e. The van der Waals surface area contributed by atoms with Crippen molar-refractivity contribution in [2.75, 3.05) is 13.6 Å². The first-order chi connectivity index (χ1) is 7.93. The lowest BCUT2D eigenvalue weighted by molar-refractivity contribution is 0.566. The van der Waals surface area contributed by atoms with E-state index in [-0.39, 0.29) is 4.90 Å². The van der Waals surface area contributed by atoms with Crippen LogP contribution >= 0.6 is 0 Å². The maximum absolute atomic E-state index is 13.0. The van der Waals surface area contributed by atoms with Gasteiger partial charge in [-0.2, -0.15) is 0 Å². The van der Waals surface area contributed by atoms with Gasteiger partial charge in [0, 0.05) is 6.54 Å². The van der Waals surface area contributed by atoms with E-state index in [0.717, 1.165) is 0 Å². The van der Waals surface area contributed by atoms with Gasteiger partial charge in [-0.15, -0.1) is 0 Å². The molecule has 17 heavy (non-hydrogen) atoms. The second-order valence-electron chi connectivity index (χ2n) is 4.04. The van der Waals surface area contributed by atoms with Crippen molar-refractivity contribution in [1.29, 1.82) is 0 Å². The lowest BCUT2D eigenvalue weighted by atomic mass is 10.2. The molecule has 0 aromatic heterocycles. The van der Waals surface area contributed by atoms with E-state index in [4.69, 9.17) is 0 Å². The standard InChI is InChI=1S/C12H18FNO2S/c1-4-11(8-14-3)17(15,16)12-6-5-10(13)7-9(12)2/h5-7,11,14H,4,8H2,1-3H3. The van der Waals surface area contributed by atoms with E-state index in [1.807, 2.05) is 6.92 Å². The summed E-state index contributed by atoms with van der Waals surface area (Å²) < 4.78 is 37.6. The fourth-order valence-electron chi connectivity index (χ4n) is 1.81. The molecule has 96 valence electrons. The summed E-state index contributed by atoms with van der Waals surface area (Å²) in [5.41, 5.74) is 0.458. The minimum atomic E-state index is -3.39. The molecule has 0 saturated heterocycles. The van der Waals surface area contributed by atoms with Gasteiger partial charge in [0.25, 0.3) is 0 Å². The van der Waals surface area contributed by atoms with Crippen molar-refractivity contribution in [3.8, 4) is 0 Å². The van der Waals surface area contributed by atoms with Crippen molar-refractivity contribution in [1.82, 2.24) is 5.32 Å². The van der Waals surface area contributed by atoms with Gasteiger partial charge in [0.1, 0.15) is 5.82 Å². The fraction of sp³-hybridized carbons (Fsp3) is 0.500. The third kappa shape index (κ3) is 3.04. The van der Waals surface area contributed by atoms with Crippen LogP contribution in [-0.4, -0.2) is 27.3 Å². The highest BCUT2D eigenvalue weighted by Crippen LogP contribution is 2.22. The van der Waals surface area contributed by atoms with E-state index in [2.05, 4.69) is 5.32 Å². The maximum atomic E-state index is 13.0. The minimum absolute atomic E-state index is 0.223. The molecule has 0 saturated carbocycles. The van der Waals surface area contributed by atoms with Crippen molar-refractivity contribution < 1.29 is 12.8 Å². The van der Waals surface area contributed by atoms with Gasteiger partial charge in [0.2, 0.25) is 0 Å². The summed E-state index contributed by atoms with van der Waals surface area (Å²) in [4.78, 5) is 0.223. The van der Waals surface area contributed by atoms with Gasteiger partial charge in [-0.1, -0.05) is 6.92 Å².